The molecule has 3 heterocycles. The third-order valence-electron chi connectivity index (χ3n) is 6.23. The quantitative estimate of drug-likeness (QED) is 0.574. The van der Waals surface area contributed by atoms with E-state index in [0.717, 1.165) is 26.9 Å². The van der Waals surface area contributed by atoms with Crippen LogP contribution in [0.5, 0.6) is 17.2 Å². The fourth-order valence-electron chi connectivity index (χ4n) is 4.76. The Morgan fingerprint density at radius 3 is 2.83 bits per heavy atom. The van der Waals surface area contributed by atoms with Crippen LogP contribution in [0.15, 0.2) is 59.2 Å². The number of aromatic nitrogens is 1. The van der Waals surface area contributed by atoms with E-state index >= 15 is 0 Å². The highest BCUT2D eigenvalue weighted by Gasteiger charge is 2.53. The molecule has 3 aliphatic rings. The summed E-state index contributed by atoms with van der Waals surface area (Å²) < 4.78 is 19.3. The fraction of sp³-hybridized carbons (Fsp3) is 0.250. The Morgan fingerprint density at radius 1 is 1.03 bits per heavy atom. The molecule has 2 atom stereocenters. The average Bonchev–Trinajstić information content (AvgIpc) is 3.27. The summed E-state index contributed by atoms with van der Waals surface area (Å²) in [5, 5.41) is 0. The molecular formula is C24H18BrNO4. The number of carbonyl (C=O) groups is 1. The van der Waals surface area contributed by atoms with Crippen molar-refractivity contribution in [3.05, 3.63) is 81.6 Å². The monoisotopic (exact) mass is 463 g/mol. The van der Waals surface area contributed by atoms with Gasteiger partial charge in [-0.15, -0.1) is 0 Å². The largest absolute Gasteiger partial charge is 0.491 e. The van der Waals surface area contributed by atoms with Crippen molar-refractivity contribution in [1.29, 1.82) is 0 Å². The number of ether oxygens (including phenoxy) is 3. The molecule has 0 saturated carbocycles. The molecule has 150 valence electrons. The van der Waals surface area contributed by atoms with E-state index in [9.17, 15) is 4.79 Å². The maximum absolute atomic E-state index is 13.1. The van der Waals surface area contributed by atoms with Gasteiger partial charge in [-0.2, -0.15) is 0 Å². The van der Waals surface area contributed by atoms with Crippen LogP contribution in [0.4, 0.5) is 0 Å². The van der Waals surface area contributed by atoms with Crippen molar-refractivity contribution in [2.75, 3.05) is 13.2 Å². The number of Topliss-reactive ketones (excluding diaryl/α,β-unsaturated/α-hetero) is 1. The predicted molar refractivity (Wildman–Crippen MR) is 113 cm³/mol. The molecule has 2 unspecified atom stereocenters. The fourth-order valence-corrected chi connectivity index (χ4v) is 5.18. The summed E-state index contributed by atoms with van der Waals surface area (Å²) in [6.45, 7) is 0.749. The van der Waals surface area contributed by atoms with Crippen molar-refractivity contribution in [2.24, 2.45) is 0 Å². The number of carbonyl (C=O) groups excluding carboxylic acids is 1. The highest BCUT2D eigenvalue weighted by molar-refractivity contribution is 9.10. The van der Waals surface area contributed by atoms with Crippen LogP contribution in [0, 0.1) is 0 Å². The Balaban J connectivity index is 1.35. The third kappa shape index (κ3) is 2.53. The Bertz CT molecular complexity index is 1190. The molecule has 0 saturated heterocycles. The first-order valence-electron chi connectivity index (χ1n) is 9.97. The molecule has 0 fully saturated rings. The molecule has 6 heteroatoms. The summed E-state index contributed by atoms with van der Waals surface area (Å²) in [5.74, 6) is 2.18. The van der Waals surface area contributed by atoms with Gasteiger partial charge in [0, 0.05) is 35.1 Å². The molecule has 0 radical (unpaired) electrons. The van der Waals surface area contributed by atoms with E-state index in [0.29, 0.717) is 43.3 Å². The van der Waals surface area contributed by atoms with Gasteiger partial charge in [-0.25, -0.2) is 0 Å². The molecule has 0 amide bonds. The van der Waals surface area contributed by atoms with Gasteiger partial charge < -0.3 is 14.2 Å². The number of nitrogens with zero attached hydrogens (tertiary/aromatic N) is 1. The van der Waals surface area contributed by atoms with Crippen LogP contribution in [-0.2, 0) is 23.1 Å². The van der Waals surface area contributed by atoms with Crippen molar-refractivity contribution in [2.45, 2.75) is 24.4 Å². The SMILES string of the molecule is O=C1Cc2ccccc2C12COc1cc3c(cc12)OCC(Cc1ncccc1Br)O3. The van der Waals surface area contributed by atoms with Crippen molar-refractivity contribution in [1.82, 2.24) is 4.98 Å². The van der Waals surface area contributed by atoms with E-state index in [-0.39, 0.29) is 11.9 Å². The normalized spacial score (nSPS) is 23.2. The second kappa shape index (κ2) is 6.57. The minimum atomic E-state index is -0.736. The lowest BCUT2D eigenvalue weighted by Gasteiger charge is -2.28. The Kier molecular flexibility index (Phi) is 3.93. The summed E-state index contributed by atoms with van der Waals surface area (Å²) in [6.07, 6.45) is 2.70. The molecule has 30 heavy (non-hydrogen) atoms. The zero-order valence-electron chi connectivity index (χ0n) is 16.1. The lowest BCUT2D eigenvalue weighted by molar-refractivity contribution is -0.121. The van der Waals surface area contributed by atoms with E-state index in [1.54, 1.807) is 6.20 Å². The molecular weight excluding hydrogens is 446 g/mol. The summed E-state index contributed by atoms with van der Waals surface area (Å²) in [6, 6.07) is 15.7. The second-order valence-electron chi connectivity index (χ2n) is 7.93. The van der Waals surface area contributed by atoms with Gasteiger partial charge in [0.05, 0.1) is 5.69 Å². The number of pyridine rings is 1. The standard InChI is InChI=1S/C24H18BrNO4/c25-18-6-3-7-26-19(18)9-15-12-28-21-10-17-20(11-22(21)30-15)29-13-24(17)16-5-2-1-4-14(16)8-23(24)27/h1-7,10-11,15H,8-9,12-13H2. The van der Waals surface area contributed by atoms with E-state index in [4.69, 9.17) is 14.2 Å². The zero-order valence-corrected chi connectivity index (χ0v) is 17.6. The van der Waals surface area contributed by atoms with E-state index < -0.39 is 5.41 Å². The van der Waals surface area contributed by atoms with Gasteiger partial charge in [0.2, 0.25) is 0 Å². The average molecular weight is 464 g/mol. The molecule has 2 aliphatic heterocycles. The third-order valence-corrected chi connectivity index (χ3v) is 6.95. The maximum atomic E-state index is 13.1. The van der Waals surface area contributed by atoms with Gasteiger partial charge in [-0.1, -0.05) is 24.3 Å². The van der Waals surface area contributed by atoms with Crippen LogP contribution in [-0.4, -0.2) is 30.1 Å². The molecule has 5 nitrogen and oxygen atoms in total. The Labute approximate surface area is 182 Å². The molecule has 1 aliphatic carbocycles. The smallest absolute Gasteiger partial charge is 0.165 e. The Hall–Kier alpha value is -2.86. The number of rotatable bonds is 2. The van der Waals surface area contributed by atoms with Crippen LogP contribution >= 0.6 is 15.9 Å². The van der Waals surface area contributed by atoms with Gasteiger partial charge in [0.1, 0.15) is 30.5 Å². The lowest BCUT2D eigenvalue weighted by Crippen LogP contribution is -2.35. The molecule has 1 aromatic heterocycles. The molecule has 1 spiro atoms. The number of fused-ring (bicyclic) bond motifs is 5. The van der Waals surface area contributed by atoms with E-state index in [1.165, 1.54) is 0 Å². The first-order chi connectivity index (χ1) is 14.6. The molecule has 0 bridgehead atoms. The number of benzene rings is 2. The number of ketones is 1. The molecule has 6 rings (SSSR count). The summed E-state index contributed by atoms with van der Waals surface area (Å²) >= 11 is 3.54. The molecule has 2 aromatic carbocycles. The Morgan fingerprint density at radius 2 is 1.93 bits per heavy atom. The van der Waals surface area contributed by atoms with Crippen LogP contribution in [0.2, 0.25) is 0 Å². The van der Waals surface area contributed by atoms with E-state index in [2.05, 4.69) is 20.9 Å². The first-order valence-corrected chi connectivity index (χ1v) is 10.8. The van der Waals surface area contributed by atoms with Crippen molar-refractivity contribution < 1.29 is 19.0 Å². The minimum Gasteiger partial charge on any atom is -0.491 e. The van der Waals surface area contributed by atoms with Crippen molar-refractivity contribution in [3.63, 3.8) is 0 Å². The van der Waals surface area contributed by atoms with Crippen molar-refractivity contribution in [3.8, 4) is 17.2 Å². The van der Waals surface area contributed by atoms with Gasteiger partial charge in [-0.3, -0.25) is 9.78 Å². The number of hydrogen-bond donors (Lipinski definition) is 0. The summed E-state index contributed by atoms with van der Waals surface area (Å²) in [5.41, 5.74) is 3.20. The zero-order chi connectivity index (χ0) is 20.3. The molecule has 3 aromatic rings. The first kappa shape index (κ1) is 18.0. The topological polar surface area (TPSA) is 57.7 Å². The minimum absolute atomic E-state index is 0.147. The highest BCUT2D eigenvalue weighted by Crippen LogP contribution is 2.52. The van der Waals surface area contributed by atoms with Gasteiger partial charge >= 0.3 is 0 Å². The maximum Gasteiger partial charge on any atom is 0.165 e. The van der Waals surface area contributed by atoms with Gasteiger partial charge in [0.15, 0.2) is 17.3 Å². The van der Waals surface area contributed by atoms with E-state index in [1.807, 2.05) is 48.5 Å². The van der Waals surface area contributed by atoms with Crippen LogP contribution in [0.1, 0.15) is 22.4 Å². The number of hydrogen-bond acceptors (Lipinski definition) is 5. The van der Waals surface area contributed by atoms with Gasteiger partial charge in [-0.05, 0) is 45.3 Å². The van der Waals surface area contributed by atoms with Crippen molar-refractivity contribution >= 4 is 21.7 Å². The second-order valence-corrected chi connectivity index (χ2v) is 8.79. The summed E-state index contributed by atoms with van der Waals surface area (Å²) in [4.78, 5) is 17.5. The predicted octanol–water partition coefficient (Wildman–Crippen LogP) is 4.03. The van der Waals surface area contributed by atoms with Crippen LogP contribution in [0.25, 0.3) is 0 Å². The van der Waals surface area contributed by atoms with Crippen LogP contribution in [0.3, 0.4) is 0 Å². The lowest BCUT2D eigenvalue weighted by atomic mass is 9.76. The summed E-state index contributed by atoms with van der Waals surface area (Å²) in [7, 11) is 0. The van der Waals surface area contributed by atoms with Crippen LogP contribution < -0.4 is 14.2 Å². The molecule has 0 N–H and O–H groups in total. The number of halogens is 1. The van der Waals surface area contributed by atoms with Gasteiger partial charge in [0.25, 0.3) is 0 Å². The highest BCUT2D eigenvalue weighted by atomic mass is 79.9.